The van der Waals surface area contributed by atoms with Gasteiger partial charge in [-0.15, -0.1) is 11.3 Å². The van der Waals surface area contributed by atoms with Gasteiger partial charge in [0.05, 0.1) is 19.6 Å². The Morgan fingerprint density at radius 2 is 2.22 bits per heavy atom. The van der Waals surface area contributed by atoms with Crippen LogP contribution in [-0.2, 0) is 6.54 Å². The Hall–Kier alpha value is -1.98. The maximum atomic E-state index is 12.4. The molecule has 0 saturated heterocycles. The van der Waals surface area contributed by atoms with E-state index in [2.05, 4.69) is 49.4 Å². The number of rotatable bonds is 4. The first-order valence-electron chi connectivity index (χ1n) is 8.03. The van der Waals surface area contributed by atoms with Crippen LogP contribution in [0, 0.1) is 5.92 Å². The number of H-pyrrole nitrogens is 1. The smallest absolute Gasteiger partial charge is 0.269 e. The van der Waals surface area contributed by atoms with Gasteiger partial charge in [0.1, 0.15) is 11.2 Å². The molecule has 1 aliphatic carbocycles. The monoisotopic (exact) mass is 326 g/mol. The quantitative estimate of drug-likeness (QED) is 0.772. The van der Waals surface area contributed by atoms with Crippen LogP contribution in [0.15, 0.2) is 29.1 Å². The van der Waals surface area contributed by atoms with Crippen molar-refractivity contribution in [1.29, 1.82) is 0 Å². The number of hydrogen-bond acceptors (Lipinski definition) is 3. The van der Waals surface area contributed by atoms with Crippen molar-refractivity contribution in [2.45, 2.75) is 19.4 Å². The van der Waals surface area contributed by atoms with Crippen LogP contribution in [0.2, 0.25) is 0 Å². The topological polar surface area (TPSA) is 50.2 Å². The van der Waals surface area contributed by atoms with Crippen LogP contribution in [0.5, 0.6) is 0 Å². The third-order valence-corrected chi connectivity index (χ3v) is 5.26. The number of allylic oxidation sites excluding steroid dienone is 1. The van der Waals surface area contributed by atoms with Crippen LogP contribution < -0.4 is 10.5 Å². The molecule has 0 aliphatic heterocycles. The zero-order chi connectivity index (χ0) is 16.0. The fourth-order valence-corrected chi connectivity index (χ4v) is 3.79. The lowest BCUT2D eigenvalue weighted by molar-refractivity contribution is -0.873. The molecular weight excluding hydrogens is 306 g/mol. The second-order valence-electron chi connectivity index (χ2n) is 6.63. The Morgan fingerprint density at radius 3 is 2.96 bits per heavy atom. The Balaban J connectivity index is 1.86. The standard InChI is InChI=1S/C18H19N3OS/c1-21(2)10-15-19-16-13-9-12(6-5-11-3-4-11)7-8-14(13)23-17(16)18(22)20-15/h5-9,11H,3-4,10H2,1-2H3,(H,19,20,22)/p+1/b6-5+. The number of aromatic amines is 1. The summed E-state index contributed by atoms with van der Waals surface area (Å²) in [5.74, 6) is 1.52. The maximum Gasteiger partial charge on any atom is 0.269 e. The van der Waals surface area contributed by atoms with E-state index < -0.39 is 0 Å². The van der Waals surface area contributed by atoms with Crippen LogP contribution in [0.25, 0.3) is 26.4 Å². The van der Waals surface area contributed by atoms with Crippen LogP contribution in [0.1, 0.15) is 24.2 Å². The zero-order valence-corrected chi connectivity index (χ0v) is 14.2. The lowest BCUT2D eigenvalue weighted by Gasteiger charge is -2.05. The molecule has 0 bridgehead atoms. The van der Waals surface area contributed by atoms with Crippen molar-refractivity contribution in [1.82, 2.24) is 9.97 Å². The molecule has 2 heterocycles. The molecule has 0 amide bonds. The Kier molecular flexibility index (Phi) is 3.54. The molecule has 2 aromatic heterocycles. The van der Waals surface area contributed by atoms with E-state index in [1.54, 1.807) is 0 Å². The van der Waals surface area contributed by atoms with Gasteiger partial charge in [0.15, 0.2) is 5.82 Å². The Labute approximate surface area is 138 Å². The molecule has 5 heteroatoms. The van der Waals surface area contributed by atoms with Gasteiger partial charge >= 0.3 is 0 Å². The SMILES string of the molecule is C[NH+](C)Cc1nc2c(sc3ccc(/C=C/C4CC4)cc32)c(=O)[nH]1. The van der Waals surface area contributed by atoms with Crippen LogP contribution >= 0.6 is 11.3 Å². The van der Waals surface area contributed by atoms with E-state index in [4.69, 9.17) is 4.98 Å². The fourth-order valence-electron chi connectivity index (χ4n) is 2.78. The highest BCUT2D eigenvalue weighted by Gasteiger charge is 2.17. The minimum atomic E-state index is -0.0254. The average Bonchev–Trinajstić information content (AvgIpc) is 3.26. The maximum absolute atomic E-state index is 12.4. The molecule has 1 fully saturated rings. The van der Waals surface area contributed by atoms with Crippen molar-refractivity contribution < 1.29 is 4.90 Å². The average molecular weight is 326 g/mol. The highest BCUT2D eigenvalue weighted by molar-refractivity contribution is 7.25. The van der Waals surface area contributed by atoms with Gasteiger partial charge in [0.2, 0.25) is 0 Å². The lowest BCUT2D eigenvalue weighted by atomic mass is 10.1. The third-order valence-electron chi connectivity index (χ3n) is 4.10. The molecule has 4 rings (SSSR count). The van der Waals surface area contributed by atoms with E-state index in [1.165, 1.54) is 34.6 Å². The van der Waals surface area contributed by atoms with Gasteiger partial charge in [-0.05, 0) is 36.5 Å². The zero-order valence-electron chi connectivity index (χ0n) is 13.3. The van der Waals surface area contributed by atoms with Crippen molar-refractivity contribution in [3.05, 3.63) is 46.0 Å². The number of fused-ring (bicyclic) bond motifs is 3. The number of nitrogens with zero attached hydrogens (tertiary/aromatic N) is 1. The lowest BCUT2D eigenvalue weighted by Crippen LogP contribution is -3.04. The van der Waals surface area contributed by atoms with E-state index in [0.29, 0.717) is 6.54 Å². The summed E-state index contributed by atoms with van der Waals surface area (Å²) < 4.78 is 1.84. The molecule has 0 atom stereocenters. The number of benzene rings is 1. The number of hydrogen-bond donors (Lipinski definition) is 2. The number of aromatic nitrogens is 2. The van der Waals surface area contributed by atoms with Crippen molar-refractivity contribution in [3.8, 4) is 0 Å². The number of nitrogens with one attached hydrogen (secondary N) is 2. The van der Waals surface area contributed by atoms with Gasteiger partial charge < -0.3 is 9.88 Å². The van der Waals surface area contributed by atoms with Crippen molar-refractivity contribution in [2.24, 2.45) is 5.92 Å². The van der Waals surface area contributed by atoms with Gasteiger partial charge in [0, 0.05) is 10.1 Å². The normalized spacial score (nSPS) is 15.4. The van der Waals surface area contributed by atoms with Gasteiger partial charge in [0.25, 0.3) is 5.56 Å². The number of quaternary nitrogens is 1. The second-order valence-corrected chi connectivity index (χ2v) is 7.68. The number of thiophene rings is 1. The van der Waals surface area contributed by atoms with Gasteiger partial charge in [-0.3, -0.25) is 4.79 Å². The van der Waals surface area contributed by atoms with Crippen LogP contribution in [0.3, 0.4) is 0 Å². The molecule has 3 aromatic rings. The van der Waals surface area contributed by atoms with Crippen molar-refractivity contribution in [3.63, 3.8) is 0 Å². The van der Waals surface area contributed by atoms with Crippen molar-refractivity contribution >= 4 is 37.7 Å². The summed E-state index contributed by atoms with van der Waals surface area (Å²) in [5.41, 5.74) is 2.00. The predicted octanol–water partition coefficient (Wildman–Crippen LogP) is 2.21. The van der Waals surface area contributed by atoms with E-state index in [-0.39, 0.29) is 5.56 Å². The molecule has 1 aromatic carbocycles. The highest BCUT2D eigenvalue weighted by atomic mass is 32.1. The Morgan fingerprint density at radius 1 is 1.39 bits per heavy atom. The third kappa shape index (κ3) is 2.94. The van der Waals surface area contributed by atoms with E-state index >= 15 is 0 Å². The van der Waals surface area contributed by atoms with E-state index in [1.807, 2.05) is 0 Å². The molecule has 0 radical (unpaired) electrons. The Bertz CT molecular complexity index is 963. The molecular formula is C18H20N3OS+. The summed E-state index contributed by atoms with van der Waals surface area (Å²) >= 11 is 1.52. The summed E-state index contributed by atoms with van der Waals surface area (Å²) in [7, 11) is 4.10. The van der Waals surface area contributed by atoms with E-state index in [9.17, 15) is 4.79 Å². The highest BCUT2D eigenvalue weighted by Crippen LogP contribution is 2.33. The van der Waals surface area contributed by atoms with Gasteiger partial charge in [-0.2, -0.15) is 0 Å². The molecule has 118 valence electrons. The van der Waals surface area contributed by atoms with Crippen LogP contribution in [-0.4, -0.2) is 24.1 Å². The molecule has 0 spiro atoms. The minimum absolute atomic E-state index is 0.0254. The van der Waals surface area contributed by atoms with Gasteiger partial charge in [-0.1, -0.05) is 18.2 Å². The minimum Gasteiger partial charge on any atom is -0.334 e. The van der Waals surface area contributed by atoms with Crippen molar-refractivity contribution in [2.75, 3.05) is 14.1 Å². The summed E-state index contributed by atoms with van der Waals surface area (Å²) in [4.78, 5) is 21.2. The fraction of sp³-hybridized carbons (Fsp3) is 0.333. The molecule has 4 nitrogen and oxygen atoms in total. The summed E-state index contributed by atoms with van der Waals surface area (Å²) in [5, 5.41) is 1.09. The molecule has 1 aliphatic rings. The first kappa shape index (κ1) is 14.6. The first-order chi connectivity index (χ1) is 11.1. The molecule has 0 unspecified atom stereocenters. The first-order valence-corrected chi connectivity index (χ1v) is 8.84. The summed E-state index contributed by atoms with van der Waals surface area (Å²) in [6, 6.07) is 6.38. The van der Waals surface area contributed by atoms with E-state index in [0.717, 1.165) is 32.0 Å². The summed E-state index contributed by atoms with van der Waals surface area (Å²) in [6.45, 7) is 0.712. The summed E-state index contributed by atoms with van der Waals surface area (Å²) in [6.07, 6.45) is 7.11. The largest absolute Gasteiger partial charge is 0.334 e. The molecule has 2 N–H and O–H groups in total. The van der Waals surface area contributed by atoms with Crippen LogP contribution in [0.4, 0.5) is 0 Å². The molecule has 23 heavy (non-hydrogen) atoms. The molecule has 1 saturated carbocycles. The predicted molar refractivity (Wildman–Crippen MR) is 96.0 cm³/mol. The van der Waals surface area contributed by atoms with Gasteiger partial charge in [-0.25, -0.2) is 4.98 Å². The second kappa shape index (κ2) is 5.58.